The van der Waals surface area contributed by atoms with Crippen LogP contribution in [0.15, 0.2) is 18.3 Å². The summed E-state index contributed by atoms with van der Waals surface area (Å²) in [6.07, 6.45) is 1.73. The summed E-state index contributed by atoms with van der Waals surface area (Å²) in [6, 6.07) is 3.71. The van der Waals surface area contributed by atoms with Crippen LogP contribution in [0.5, 0.6) is 0 Å². The van der Waals surface area contributed by atoms with Crippen molar-refractivity contribution in [3.8, 4) is 0 Å². The lowest BCUT2D eigenvalue weighted by Crippen LogP contribution is -2.39. The average Bonchev–Trinajstić information content (AvgIpc) is 2.54. The van der Waals surface area contributed by atoms with Crippen LogP contribution in [0, 0.1) is 0 Å². The SMILES string of the molecule is CCNC(=O)CNC(=O)c1cc(N2CCOCC2)cc[nH+]1. The van der Waals surface area contributed by atoms with E-state index in [-0.39, 0.29) is 18.4 Å². The fourth-order valence-corrected chi connectivity index (χ4v) is 2.12. The highest BCUT2D eigenvalue weighted by atomic mass is 16.5. The van der Waals surface area contributed by atoms with Crippen LogP contribution in [0.2, 0.25) is 0 Å². The fourth-order valence-electron chi connectivity index (χ4n) is 2.12. The van der Waals surface area contributed by atoms with Gasteiger partial charge in [0.1, 0.15) is 0 Å². The molecule has 2 amide bonds. The van der Waals surface area contributed by atoms with Gasteiger partial charge < -0.3 is 20.3 Å². The van der Waals surface area contributed by atoms with E-state index in [2.05, 4.69) is 20.5 Å². The Balaban J connectivity index is 1.96. The monoisotopic (exact) mass is 293 g/mol. The van der Waals surface area contributed by atoms with Crippen molar-refractivity contribution >= 4 is 17.5 Å². The Kier molecular flexibility index (Phi) is 5.51. The van der Waals surface area contributed by atoms with Crippen molar-refractivity contribution in [2.45, 2.75) is 6.92 Å². The van der Waals surface area contributed by atoms with Crippen LogP contribution in [-0.2, 0) is 9.53 Å². The van der Waals surface area contributed by atoms with E-state index in [9.17, 15) is 9.59 Å². The van der Waals surface area contributed by atoms with Gasteiger partial charge >= 0.3 is 5.91 Å². The number of morpholine rings is 1. The van der Waals surface area contributed by atoms with Crippen molar-refractivity contribution in [1.29, 1.82) is 0 Å². The number of hydrogen-bond acceptors (Lipinski definition) is 4. The molecule has 1 aromatic rings. The lowest BCUT2D eigenvalue weighted by molar-refractivity contribution is -0.381. The van der Waals surface area contributed by atoms with Crippen molar-refractivity contribution in [2.24, 2.45) is 0 Å². The van der Waals surface area contributed by atoms with Crippen molar-refractivity contribution in [3.05, 3.63) is 24.0 Å². The van der Waals surface area contributed by atoms with Gasteiger partial charge in [0.15, 0.2) is 6.20 Å². The number of hydrogen-bond donors (Lipinski definition) is 2. The molecule has 1 aromatic heterocycles. The number of amides is 2. The Morgan fingerprint density at radius 1 is 1.33 bits per heavy atom. The summed E-state index contributed by atoms with van der Waals surface area (Å²) >= 11 is 0. The van der Waals surface area contributed by atoms with E-state index in [4.69, 9.17) is 4.74 Å². The summed E-state index contributed by atoms with van der Waals surface area (Å²) in [6.45, 7) is 5.36. The van der Waals surface area contributed by atoms with E-state index in [1.54, 1.807) is 12.3 Å². The first kappa shape index (κ1) is 15.2. The maximum absolute atomic E-state index is 12.0. The Morgan fingerprint density at radius 2 is 2.10 bits per heavy atom. The molecule has 2 heterocycles. The summed E-state index contributed by atoms with van der Waals surface area (Å²) in [7, 11) is 0. The van der Waals surface area contributed by atoms with Gasteiger partial charge in [-0.15, -0.1) is 0 Å². The first-order chi connectivity index (χ1) is 10.2. The van der Waals surface area contributed by atoms with Gasteiger partial charge in [0.05, 0.1) is 19.8 Å². The number of aromatic nitrogens is 1. The molecule has 0 aliphatic carbocycles. The van der Waals surface area contributed by atoms with Gasteiger partial charge in [-0.1, -0.05) is 0 Å². The summed E-state index contributed by atoms with van der Waals surface area (Å²) in [5, 5.41) is 5.22. The van der Waals surface area contributed by atoms with E-state index in [0.717, 1.165) is 18.8 Å². The minimum absolute atomic E-state index is 0.0255. The summed E-state index contributed by atoms with van der Waals surface area (Å²) in [4.78, 5) is 28.4. The Labute approximate surface area is 123 Å². The minimum atomic E-state index is -0.295. The van der Waals surface area contributed by atoms with Crippen molar-refractivity contribution in [1.82, 2.24) is 10.6 Å². The molecule has 0 saturated carbocycles. The van der Waals surface area contributed by atoms with Gasteiger partial charge in [0.2, 0.25) is 5.91 Å². The molecular formula is C14H21N4O3+. The molecule has 1 saturated heterocycles. The standard InChI is InChI=1S/C14H20N4O3/c1-2-15-13(19)10-17-14(20)12-9-11(3-4-16-12)18-5-7-21-8-6-18/h3-4,9H,2,5-8,10H2,1H3,(H,15,19)(H,17,20)/p+1. The number of rotatable bonds is 5. The van der Waals surface area contributed by atoms with E-state index in [1.807, 2.05) is 13.0 Å². The van der Waals surface area contributed by atoms with Gasteiger partial charge in [-0.2, -0.15) is 0 Å². The lowest BCUT2D eigenvalue weighted by Gasteiger charge is -2.28. The summed E-state index contributed by atoms with van der Waals surface area (Å²) < 4.78 is 5.31. The summed E-state index contributed by atoms with van der Waals surface area (Å²) in [5.41, 5.74) is 1.41. The third kappa shape index (κ3) is 4.42. The zero-order chi connectivity index (χ0) is 15.1. The average molecular weight is 293 g/mol. The number of likely N-dealkylation sites (N-methyl/N-ethyl adjacent to an activating group) is 1. The smallest absolute Gasteiger partial charge is 0.316 e. The molecular weight excluding hydrogens is 272 g/mol. The largest absolute Gasteiger partial charge is 0.378 e. The van der Waals surface area contributed by atoms with Crippen molar-refractivity contribution in [2.75, 3.05) is 44.3 Å². The fraction of sp³-hybridized carbons (Fsp3) is 0.500. The molecule has 7 nitrogen and oxygen atoms in total. The molecule has 7 heteroatoms. The Hall–Kier alpha value is -2.15. The number of nitrogens with zero attached hydrogens (tertiary/aromatic N) is 1. The summed E-state index contributed by atoms with van der Waals surface area (Å²) in [5.74, 6) is -0.494. The number of carbonyl (C=O) groups is 2. The molecule has 0 spiro atoms. The van der Waals surface area contributed by atoms with Gasteiger partial charge in [-0.25, -0.2) is 4.98 Å². The normalized spacial score (nSPS) is 14.6. The van der Waals surface area contributed by atoms with Gasteiger partial charge in [0, 0.05) is 37.5 Å². The van der Waals surface area contributed by atoms with Crippen molar-refractivity contribution < 1.29 is 19.3 Å². The molecule has 1 aliphatic rings. The predicted octanol–water partition coefficient (Wildman–Crippen LogP) is -0.797. The van der Waals surface area contributed by atoms with E-state index in [0.29, 0.717) is 25.5 Å². The molecule has 0 radical (unpaired) electrons. The molecule has 0 atom stereocenters. The number of carbonyl (C=O) groups excluding carboxylic acids is 2. The predicted molar refractivity (Wildman–Crippen MR) is 77.0 cm³/mol. The molecule has 1 aliphatic heterocycles. The highest BCUT2D eigenvalue weighted by Gasteiger charge is 2.18. The van der Waals surface area contributed by atoms with Gasteiger partial charge in [0.25, 0.3) is 5.69 Å². The Morgan fingerprint density at radius 3 is 2.81 bits per heavy atom. The molecule has 0 aromatic carbocycles. The van der Waals surface area contributed by atoms with Crippen LogP contribution in [0.1, 0.15) is 17.4 Å². The molecule has 114 valence electrons. The number of H-pyrrole nitrogens is 1. The van der Waals surface area contributed by atoms with Crippen LogP contribution in [0.25, 0.3) is 0 Å². The lowest BCUT2D eigenvalue weighted by atomic mass is 10.2. The maximum atomic E-state index is 12.0. The molecule has 3 N–H and O–H groups in total. The third-order valence-corrected chi connectivity index (χ3v) is 3.19. The first-order valence-electron chi connectivity index (χ1n) is 7.10. The number of ether oxygens (including phenoxy) is 1. The van der Waals surface area contributed by atoms with Crippen molar-refractivity contribution in [3.63, 3.8) is 0 Å². The second kappa shape index (κ2) is 7.58. The second-order valence-electron chi connectivity index (χ2n) is 4.70. The highest BCUT2D eigenvalue weighted by molar-refractivity contribution is 5.94. The van der Waals surface area contributed by atoms with Crippen LogP contribution >= 0.6 is 0 Å². The zero-order valence-corrected chi connectivity index (χ0v) is 12.1. The Bertz CT molecular complexity index is 501. The number of nitrogens with one attached hydrogen (secondary N) is 3. The molecule has 1 fully saturated rings. The molecule has 0 bridgehead atoms. The van der Waals surface area contributed by atoms with E-state index < -0.39 is 0 Å². The van der Waals surface area contributed by atoms with Crippen LogP contribution < -0.4 is 20.5 Å². The first-order valence-corrected chi connectivity index (χ1v) is 7.10. The third-order valence-electron chi connectivity index (χ3n) is 3.19. The number of anilines is 1. The van der Waals surface area contributed by atoms with Gasteiger partial charge in [-0.05, 0) is 6.92 Å². The minimum Gasteiger partial charge on any atom is -0.378 e. The molecule has 0 unspecified atom stereocenters. The van der Waals surface area contributed by atoms with Crippen LogP contribution in [-0.4, -0.2) is 51.2 Å². The molecule has 21 heavy (non-hydrogen) atoms. The topological polar surface area (TPSA) is 84.8 Å². The van der Waals surface area contributed by atoms with Gasteiger partial charge in [-0.3, -0.25) is 9.59 Å². The van der Waals surface area contributed by atoms with Crippen LogP contribution in [0.4, 0.5) is 5.69 Å². The van der Waals surface area contributed by atoms with E-state index in [1.165, 1.54) is 0 Å². The highest BCUT2D eigenvalue weighted by Crippen LogP contribution is 2.14. The quantitative estimate of drug-likeness (QED) is 0.744. The van der Waals surface area contributed by atoms with Crippen LogP contribution in [0.3, 0.4) is 0 Å². The number of aromatic amines is 1. The maximum Gasteiger partial charge on any atom is 0.316 e. The van der Waals surface area contributed by atoms with E-state index >= 15 is 0 Å². The second-order valence-corrected chi connectivity index (χ2v) is 4.70. The molecule has 2 rings (SSSR count). The zero-order valence-electron chi connectivity index (χ0n) is 12.1. The number of pyridine rings is 1.